The summed E-state index contributed by atoms with van der Waals surface area (Å²) in [7, 11) is 1.07. The van der Waals surface area contributed by atoms with Crippen LogP contribution in [0.25, 0.3) is 5.57 Å². The number of benzene rings is 1. The summed E-state index contributed by atoms with van der Waals surface area (Å²) in [6, 6.07) is 4.38. The van der Waals surface area contributed by atoms with Gasteiger partial charge in [-0.1, -0.05) is 23.2 Å². The molecule has 0 bridgehead atoms. The maximum atomic E-state index is 13.8. The van der Waals surface area contributed by atoms with Crippen molar-refractivity contribution >= 4 is 40.4 Å². The van der Waals surface area contributed by atoms with Crippen molar-refractivity contribution in [2.24, 2.45) is 0 Å². The van der Waals surface area contributed by atoms with Gasteiger partial charge in [0.05, 0.1) is 29.1 Å². The second-order valence-electron chi connectivity index (χ2n) is 4.87. The first kappa shape index (κ1) is 20.0. The standard InChI is InChI=1S/C16H10Cl2F4N2O2/c1-26-15(25)10(7-23-13-3-2-9(17)5-12(13)19)14-11(18)4-8(6-24-14)16(20,21)22/h2-7,23H,1H3/b10-7-. The maximum absolute atomic E-state index is 13.8. The Morgan fingerprint density at radius 2 is 1.96 bits per heavy atom. The van der Waals surface area contributed by atoms with Crippen LogP contribution in [0.4, 0.5) is 23.2 Å². The molecule has 4 nitrogen and oxygen atoms in total. The van der Waals surface area contributed by atoms with Crippen molar-refractivity contribution in [2.75, 3.05) is 12.4 Å². The van der Waals surface area contributed by atoms with Gasteiger partial charge in [0.2, 0.25) is 0 Å². The number of hydrogen-bond acceptors (Lipinski definition) is 4. The molecule has 1 aromatic heterocycles. The number of nitrogens with one attached hydrogen (secondary N) is 1. The Bertz CT molecular complexity index is 870. The number of anilines is 1. The van der Waals surface area contributed by atoms with E-state index < -0.39 is 28.5 Å². The smallest absolute Gasteiger partial charge is 0.417 e. The lowest BCUT2D eigenvalue weighted by Gasteiger charge is -2.11. The zero-order chi connectivity index (χ0) is 19.5. The predicted octanol–water partition coefficient (Wildman–Crippen LogP) is 5.17. The number of esters is 1. The van der Waals surface area contributed by atoms with Crippen molar-refractivity contribution in [3.63, 3.8) is 0 Å². The van der Waals surface area contributed by atoms with Crippen molar-refractivity contribution in [1.29, 1.82) is 0 Å². The minimum absolute atomic E-state index is 0.0289. The van der Waals surface area contributed by atoms with Gasteiger partial charge in [-0.05, 0) is 24.3 Å². The third-order valence-electron chi connectivity index (χ3n) is 3.13. The van der Waals surface area contributed by atoms with Gasteiger partial charge in [0.25, 0.3) is 0 Å². The molecule has 0 unspecified atom stereocenters. The summed E-state index contributed by atoms with van der Waals surface area (Å²) in [5.74, 6) is -1.63. The van der Waals surface area contributed by atoms with Crippen LogP contribution in [0.2, 0.25) is 10.0 Å². The number of alkyl halides is 3. The molecule has 1 aromatic carbocycles. The van der Waals surface area contributed by atoms with Crippen molar-refractivity contribution in [1.82, 2.24) is 4.98 Å². The molecule has 0 aliphatic heterocycles. The van der Waals surface area contributed by atoms with E-state index in [0.717, 1.165) is 19.4 Å². The summed E-state index contributed by atoms with van der Waals surface area (Å²) in [6.45, 7) is 0. The lowest BCUT2D eigenvalue weighted by atomic mass is 10.1. The molecule has 138 valence electrons. The van der Waals surface area contributed by atoms with Crippen molar-refractivity contribution < 1.29 is 27.1 Å². The van der Waals surface area contributed by atoms with Crippen molar-refractivity contribution in [3.8, 4) is 0 Å². The molecule has 1 heterocycles. The predicted molar refractivity (Wildman–Crippen MR) is 89.3 cm³/mol. The lowest BCUT2D eigenvalue weighted by Crippen LogP contribution is -2.11. The number of methoxy groups -OCH3 is 1. The first-order valence-corrected chi connectivity index (χ1v) is 7.62. The number of nitrogens with zero attached hydrogens (tertiary/aromatic N) is 1. The summed E-state index contributed by atoms with van der Waals surface area (Å²) in [5, 5.41) is 2.25. The molecule has 0 fully saturated rings. The lowest BCUT2D eigenvalue weighted by molar-refractivity contribution is -0.137. The molecule has 0 saturated heterocycles. The molecule has 0 amide bonds. The Labute approximate surface area is 155 Å². The Morgan fingerprint density at radius 1 is 1.27 bits per heavy atom. The van der Waals surface area contributed by atoms with E-state index in [-0.39, 0.29) is 22.0 Å². The molecule has 0 radical (unpaired) electrons. The fourth-order valence-corrected chi connectivity index (χ4v) is 2.31. The van der Waals surface area contributed by atoms with E-state index in [9.17, 15) is 22.4 Å². The average molecular weight is 409 g/mol. The van der Waals surface area contributed by atoms with Gasteiger partial charge < -0.3 is 10.1 Å². The molecule has 0 aliphatic carbocycles. The molecule has 26 heavy (non-hydrogen) atoms. The molecule has 2 aromatic rings. The van der Waals surface area contributed by atoms with E-state index in [1.165, 1.54) is 12.1 Å². The Morgan fingerprint density at radius 3 is 2.50 bits per heavy atom. The Kier molecular flexibility index (Phi) is 6.09. The third-order valence-corrected chi connectivity index (χ3v) is 3.66. The van der Waals surface area contributed by atoms with Gasteiger partial charge in [-0.25, -0.2) is 9.18 Å². The van der Waals surface area contributed by atoms with Gasteiger partial charge in [-0.2, -0.15) is 13.2 Å². The highest BCUT2D eigenvalue weighted by Gasteiger charge is 2.32. The van der Waals surface area contributed by atoms with Crippen LogP contribution in [0.3, 0.4) is 0 Å². The molecule has 0 atom stereocenters. The zero-order valence-corrected chi connectivity index (χ0v) is 14.5. The fourth-order valence-electron chi connectivity index (χ4n) is 1.88. The number of aromatic nitrogens is 1. The van der Waals surface area contributed by atoms with Crippen LogP contribution >= 0.6 is 23.2 Å². The number of carbonyl (C=O) groups excluding carboxylic acids is 1. The largest absolute Gasteiger partial charge is 0.465 e. The van der Waals surface area contributed by atoms with Crippen LogP contribution in [0.1, 0.15) is 11.3 Å². The van der Waals surface area contributed by atoms with E-state index in [0.29, 0.717) is 12.3 Å². The molecule has 0 saturated carbocycles. The maximum Gasteiger partial charge on any atom is 0.417 e. The van der Waals surface area contributed by atoms with E-state index in [1.807, 2.05) is 0 Å². The molecule has 1 N–H and O–H groups in total. The SMILES string of the molecule is COC(=O)/C(=C\Nc1ccc(Cl)cc1F)c1ncc(C(F)(F)F)cc1Cl. The summed E-state index contributed by atoms with van der Waals surface area (Å²) in [6.07, 6.45) is -3.09. The van der Waals surface area contributed by atoms with Gasteiger partial charge in [-0.15, -0.1) is 0 Å². The van der Waals surface area contributed by atoms with E-state index in [2.05, 4.69) is 15.0 Å². The van der Waals surface area contributed by atoms with Crippen LogP contribution < -0.4 is 5.32 Å². The highest BCUT2D eigenvalue weighted by atomic mass is 35.5. The minimum atomic E-state index is -4.64. The fraction of sp³-hybridized carbons (Fsp3) is 0.125. The molecule has 2 rings (SSSR count). The van der Waals surface area contributed by atoms with E-state index in [4.69, 9.17) is 23.2 Å². The second kappa shape index (κ2) is 7.92. The van der Waals surface area contributed by atoms with Crippen LogP contribution in [-0.2, 0) is 15.7 Å². The summed E-state index contributed by atoms with van der Waals surface area (Å²) >= 11 is 11.5. The van der Waals surface area contributed by atoms with Crippen molar-refractivity contribution in [3.05, 3.63) is 63.8 Å². The quantitative estimate of drug-likeness (QED) is 0.430. The number of rotatable bonds is 4. The minimum Gasteiger partial charge on any atom is -0.465 e. The number of hydrogen-bond donors (Lipinski definition) is 1. The van der Waals surface area contributed by atoms with Gasteiger partial charge in [0.15, 0.2) is 0 Å². The van der Waals surface area contributed by atoms with Crippen LogP contribution in [0, 0.1) is 5.82 Å². The van der Waals surface area contributed by atoms with Gasteiger partial charge in [-0.3, -0.25) is 4.98 Å². The van der Waals surface area contributed by atoms with Crippen LogP contribution in [-0.4, -0.2) is 18.1 Å². The normalized spacial score (nSPS) is 12.0. The molecular weight excluding hydrogens is 399 g/mol. The first-order valence-electron chi connectivity index (χ1n) is 6.86. The number of carbonyl (C=O) groups is 1. The van der Waals surface area contributed by atoms with E-state index in [1.54, 1.807) is 0 Å². The Balaban J connectivity index is 2.43. The summed E-state index contributed by atoms with van der Waals surface area (Å²) in [4.78, 5) is 15.5. The highest BCUT2D eigenvalue weighted by molar-refractivity contribution is 6.34. The van der Waals surface area contributed by atoms with E-state index >= 15 is 0 Å². The monoisotopic (exact) mass is 408 g/mol. The topological polar surface area (TPSA) is 51.2 Å². The van der Waals surface area contributed by atoms with Crippen LogP contribution in [0.15, 0.2) is 36.7 Å². The highest BCUT2D eigenvalue weighted by Crippen LogP contribution is 2.33. The third kappa shape index (κ3) is 4.64. The summed E-state index contributed by atoms with van der Waals surface area (Å²) in [5.41, 5.74) is -1.65. The molecule has 0 spiro atoms. The number of ether oxygens (including phenoxy) is 1. The van der Waals surface area contributed by atoms with Gasteiger partial charge >= 0.3 is 12.1 Å². The average Bonchev–Trinajstić information content (AvgIpc) is 2.56. The van der Waals surface area contributed by atoms with Gasteiger partial charge in [0, 0.05) is 17.4 Å². The summed E-state index contributed by atoms with van der Waals surface area (Å²) < 4.78 is 56.5. The molecular formula is C16H10Cl2F4N2O2. The Hall–Kier alpha value is -2.32. The second-order valence-corrected chi connectivity index (χ2v) is 5.71. The number of pyridine rings is 1. The van der Waals surface area contributed by atoms with Gasteiger partial charge in [0.1, 0.15) is 11.4 Å². The zero-order valence-electron chi connectivity index (χ0n) is 13.0. The number of halogens is 6. The first-order chi connectivity index (χ1) is 12.1. The van der Waals surface area contributed by atoms with Crippen molar-refractivity contribution in [2.45, 2.75) is 6.18 Å². The molecule has 10 heteroatoms. The van der Waals surface area contributed by atoms with Crippen LogP contribution in [0.5, 0.6) is 0 Å². The molecule has 0 aliphatic rings.